The molecule has 3 nitrogen and oxygen atoms in total. The normalized spacial score (nSPS) is 8.04. The summed E-state index contributed by atoms with van der Waals surface area (Å²) in [6.07, 6.45) is 0. The third-order valence-corrected chi connectivity index (χ3v) is 1.65. The number of rotatable bonds is 1. The Bertz CT molecular complexity index is 413. The number of benzene rings is 1. The topological polar surface area (TPSA) is 64.3 Å². The van der Waals surface area contributed by atoms with Crippen LogP contribution >= 0.6 is 24.8 Å². The van der Waals surface area contributed by atoms with Crippen molar-refractivity contribution in [2.24, 2.45) is 0 Å². The van der Waals surface area contributed by atoms with Crippen molar-refractivity contribution in [2.75, 3.05) is 13.2 Å². The van der Waals surface area contributed by atoms with E-state index in [9.17, 15) is 0 Å². The molecular formula is C16H28Cl2NO2SiTi-3. The monoisotopic (exact) mass is 412 g/mol. The SMILES string of the molecule is CC(C)(C)[NH-].Cl.Cl.OCCO.[CH3-].[Si]=[Ti].c1ccc2[cH-]ccc2c1. The Morgan fingerprint density at radius 3 is 1.78 bits per heavy atom. The minimum atomic E-state index is -0.250. The standard InChI is InChI=1S/C9H7.C4H10N.C2H6O2.CH3.2ClH.Si.Ti/c1-2-5-9-7-3-6-8(9)4-1;1-4(2,3)5;3-1-2-4;;;;;/h1-7H;5H,1-3H3;3-4H,1-2H2;1H3;2*1H;;/q2*-1;;-1;;;;. The second kappa shape index (κ2) is 22.2. The number of fused-ring (bicyclic) bond motifs is 1. The number of aliphatic hydroxyl groups excluding tert-OH is 2. The first-order valence-electron chi connectivity index (χ1n) is 6.20. The Hall–Kier alpha value is 0.221. The zero-order valence-electron chi connectivity index (χ0n) is 14.2. The van der Waals surface area contributed by atoms with Gasteiger partial charge in [-0.15, -0.1) is 60.0 Å². The predicted molar refractivity (Wildman–Crippen MR) is 104 cm³/mol. The molecule has 0 aliphatic carbocycles. The molecule has 0 aromatic heterocycles. The fourth-order valence-corrected chi connectivity index (χ4v) is 1.07. The molecule has 7 heteroatoms. The molecule has 2 radical (unpaired) electrons. The van der Waals surface area contributed by atoms with Crippen LogP contribution in [0.25, 0.3) is 16.5 Å². The number of nitrogens with one attached hydrogen (secondary N) is 1. The number of hydrogen-bond donors (Lipinski definition) is 2. The molecule has 0 saturated heterocycles. The summed E-state index contributed by atoms with van der Waals surface area (Å²) in [5.41, 5.74) is 6.69. The van der Waals surface area contributed by atoms with Gasteiger partial charge in [-0.05, 0) is 0 Å². The van der Waals surface area contributed by atoms with Crippen molar-refractivity contribution in [1.82, 2.24) is 0 Å². The van der Waals surface area contributed by atoms with Gasteiger partial charge >= 0.3 is 26.8 Å². The van der Waals surface area contributed by atoms with Gasteiger partial charge in [0.05, 0.1) is 13.2 Å². The van der Waals surface area contributed by atoms with Crippen LogP contribution in [0.4, 0.5) is 0 Å². The van der Waals surface area contributed by atoms with E-state index in [0.717, 1.165) is 0 Å². The number of halogens is 2. The molecule has 23 heavy (non-hydrogen) atoms. The van der Waals surface area contributed by atoms with E-state index in [1.807, 2.05) is 20.8 Å². The van der Waals surface area contributed by atoms with E-state index in [1.54, 1.807) is 19.2 Å². The Morgan fingerprint density at radius 1 is 1.04 bits per heavy atom. The third-order valence-electron chi connectivity index (χ3n) is 1.65. The maximum absolute atomic E-state index is 7.62. The summed E-state index contributed by atoms with van der Waals surface area (Å²) < 4.78 is 0. The molecule has 0 spiro atoms. The second-order valence-corrected chi connectivity index (χ2v) is 4.85. The van der Waals surface area contributed by atoms with Crippen molar-refractivity contribution in [1.29, 1.82) is 0 Å². The maximum atomic E-state index is 7.62. The smallest absolute Gasteiger partial charge is 0.0809 e. The summed E-state index contributed by atoms with van der Waals surface area (Å²) in [6.45, 7) is 5.31. The maximum Gasteiger partial charge on any atom is -0.0809 e. The molecule has 2 aromatic carbocycles. The minimum absolute atomic E-state index is 0. The molecule has 2 rings (SSSR count). The average Bonchev–Trinajstić information content (AvgIpc) is 2.88. The molecule has 0 atom stereocenters. The fourth-order valence-electron chi connectivity index (χ4n) is 1.07. The quantitative estimate of drug-likeness (QED) is 0.542. The zero-order chi connectivity index (χ0) is 16.0. The Kier molecular flexibility index (Phi) is 33.4. The van der Waals surface area contributed by atoms with Crippen molar-refractivity contribution >= 4 is 43.2 Å². The van der Waals surface area contributed by atoms with Crippen LogP contribution in [-0.4, -0.2) is 36.6 Å². The van der Waals surface area contributed by atoms with Crippen LogP contribution in [0.2, 0.25) is 0 Å². The molecule has 0 heterocycles. The summed E-state index contributed by atoms with van der Waals surface area (Å²) in [5.74, 6) is 0. The van der Waals surface area contributed by atoms with Gasteiger partial charge in [-0.1, -0.05) is 26.8 Å². The van der Waals surface area contributed by atoms with Crippen molar-refractivity contribution in [2.45, 2.75) is 26.3 Å². The van der Waals surface area contributed by atoms with E-state index in [4.69, 9.17) is 15.9 Å². The Balaban J connectivity index is -0.0000000685. The van der Waals surface area contributed by atoms with Gasteiger partial charge in [0.1, 0.15) is 0 Å². The van der Waals surface area contributed by atoms with Crippen molar-refractivity contribution in [3.8, 4) is 0 Å². The zero-order valence-corrected chi connectivity index (χ0v) is 18.4. The van der Waals surface area contributed by atoms with Crippen LogP contribution in [0, 0.1) is 7.43 Å². The van der Waals surface area contributed by atoms with Crippen LogP contribution in [0.15, 0.2) is 42.5 Å². The van der Waals surface area contributed by atoms with Gasteiger partial charge in [0.2, 0.25) is 0 Å². The van der Waals surface area contributed by atoms with Crippen molar-refractivity contribution < 1.29 is 29.4 Å². The van der Waals surface area contributed by atoms with Gasteiger partial charge in [-0.2, -0.15) is 17.5 Å². The van der Waals surface area contributed by atoms with E-state index < -0.39 is 0 Å². The molecule has 0 aliphatic heterocycles. The van der Waals surface area contributed by atoms with Gasteiger partial charge in [-0.3, -0.25) is 0 Å². The van der Waals surface area contributed by atoms with Gasteiger partial charge in [-0.25, -0.2) is 0 Å². The Morgan fingerprint density at radius 2 is 1.43 bits per heavy atom. The molecule has 0 amide bonds. The summed E-state index contributed by atoms with van der Waals surface area (Å²) in [6, 6.07) is 14.7. The summed E-state index contributed by atoms with van der Waals surface area (Å²) in [7, 11) is 2.97. The van der Waals surface area contributed by atoms with E-state index in [-0.39, 0.29) is 51.0 Å². The molecule has 2 aromatic rings. The molecule has 0 aliphatic rings. The molecular weight excluding hydrogens is 385 g/mol. The van der Waals surface area contributed by atoms with Crippen LogP contribution in [0.5, 0.6) is 0 Å². The molecule has 0 saturated carbocycles. The van der Waals surface area contributed by atoms with Gasteiger partial charge in [0, 0.05) is 0 Å². The van der Waals surface area contributed by atoms with Gasteiger partial charge < -0.3 is 23.4 Å². The van der Waals surface area contributed by atoms with E-state index in [0.29, 0.717) is 0 Å². The summed E-state index contributed by atoms with van der Waals surface area (Å²) in [5, 5.41) is 17.9. The first kappa shape index (κ1) is 34.5. The molecule has 3 N–H and O–H groups in total. The summed E-state index contributed by atoms with van der Waals surface area (Å²) >= 11 is 1.81. The fraction of sp³-hybridized carbons (Fsp3) is 0.375. The number of hydrogen-bond acceptors (Lipinski definition) is 2. The van der Waals surface area contributed by atoms with Gasteiger partial charge in [0.15, 0.2) is 0 Å². The third kappa shape index (κ3) is 27.4. The van der Waals surface area contributed by atoms with Crippen LogP contribution in [-0.2, 0) is 19.2 Å². The van der Waals surface area contributed by atoms with Gasteiger partial charge in [0.25, 0.3) is 0 Å². The largest absolute Gasteiger partial charge is 0.168 e. The van der Waals surface area contributed by atoms with Crippen LogP contribution < -0.4 is 0 Å². The summed E-state index contributed by atoms with van der Waals surface area (Å²) in [4.78, 5) is 0. The molecule has 0 bridgehead atoms. The first-order valence-corrected chi connectivity index (χ1v) is 9.05. The number of aliphatic hydroxyl groups is 2. The molecule has 134 valence electrons. The first-order chi connectivity index (χ1) is 9.38. The van der Waals surface area contributed by atoms with E-state index in [1.165, 1.54) is 10.8 Å². The van der Waals surface area contributed by atoms with Crippen LogP contribution in [0.1, 0.15) is 20.8 Å². The molecule has 0 fully saturated rings. The predicted octanol–water partition coefficient (Wildman–Crippen LogP) is 4.28. The Labute approximate surface area is 167 Å². The van der Waals surface area contributed by atoms with Crippen LogP contribution in [0.3, 0.4) is 0 Å². The average molecular weight is 413 g/mol. The van der Waals surface area contributed by atoms with E-state index in [2.05, 4.69) is 50.1 Å². The second-order valence-electron chi connectivity index (χ2n) is 4.85. The van der Waals surface area contributed by atoms with E-state index >= 15 is 0 Å². The van der Waals surface area contributed by atoms with Crippen molar-refractivity contribution in [3.05, 3.63) is 55.6 Å². The minimum Gasteiger partial charge on any atom is -0.168 e. The molecule has 0 unspecified atom stereocenters. The van der Waals surface area contributed by atoms with Crippen molar-refractivity contribution in [3.63, 3.8) is 0 Å².